The molecular formula is C14H24O3. The number of hydrogen-bond donors (Lipinski definition) is 1. The van der Waals surface area contributed by atoms with Crippen LogP contribution < -0.4 is 0 Å². The van der Waals surface area contributed by atoms with E-state index in [9.17, 15) is 4.79 Å². The van der Waals surface area contributed by atoms with Crippen LogP contribution in [-0.2, 0) is 9.53 Å². The third-order valence-corrected chi connectivity index (χ3v) is 2.49. The van der Waals surface area contributed by atoms with Crippen LogP contribution in [0.25, 0.3) is 0 Å². The average Bonchev–Trinajstić information content (AvgIpc) is 2.31. The van der Waals surface area contributed by atoms with Crippen LogP contribution in [0.3, 0.4) is 0 Å². The number of rotatable bonds is 11. The second-order valence-corrected chi connectivity index (χ2v) is 4.05. The molecule has 0 spiro atoms. The second kappa shape index (κ2) is 11.4. The minimum atomic E-state index is -0.765. The number of hydrogen-bond acceptors (Lipinski definition) is 2. The number of allylic oxidation sites excluding steroid dienone is 2. The van der Waals surface area contributed by atoms with E-state index in [1.165, 1.54) is 12.8 Å². The summed E-state index contributed by atoms with van der Waals surface area (Å²) in [7, 11) is 0. The van der Waals surface area contributed by atoms with E-state index in [1.54, 1.807) is 6.08 Å². The first-order chi connectivity index (χ1) is 8.22. The summed E-state index contributed by atoms with van der Waals surface area (Å²) in [6, 6.07) is 0. The Balaban J connectivity index is 3.56. The predicted octanol–water partition coefficient (Wildman–Crippen LogP) is 3.42. The molecule has 0 saturated carbocycles. The average molecular weight is 240 g/mol. The lowest BCUT2D eigenvalue weighted by molar-refractivity contribution is -0.141. The largest absolute Gasteiger partial charge is 0.481 e. The topological polar surface area (TPSA) is 46.5 Å². The lowest BCUT2D eigenvalue weighted by Crippen LogP contribution is -2.11. The molecule has 3 nitrogen and oxygen atoms in total. The summed E-state index contributed by atoms with van der Waals surface area (Å²) in [5, 5.41) is 8.89. The van der Waals surface area contributed by atoms with E-state index >= 15 is 0 Å². The number of carboxylic acids is 1. The highest BCUT2D eigenvalue weighted by atomic mass is 16.5. The third kappa shape index (κ3) is 9.82. The number of carboxylic acid groups (broad SMARTS) is 1. The summed E-state index contributed by atoms with van der Waals surface area (Å²) in [4.78, 5) is 10.8. The van der Waals surface area contributed by atoms with Gasteiger partial charge in [0.1, 0.15) is 0 Å². The molecule has 0 radical (unpaired) electrons. The molecule has 0 rings (SSSR count). The van der Waals surface area contributed by atoms with Crippen LogP contribution in [0.1, 0.15) is 39.0 Å². The summed E-state index contributed by atoms with van der Waals surface area (Å²) < 4.78 is 5.38. The lowest BCUT2D eigenvalue weighted by Gasteiger charge is -2.05. The summed E-state index contributed by atoms with van der Waals surface area (Å²) >= 11 is 0. The Hall–Kier alpha value is -1.09. The number of carbonyl (C=O) groups is 1. The Kier molecular flexibility index (Phi) is 10.7. The Morgan fingerprint density at radius 1 is 1.35 bits per heavy atom. The van der Waals surface area contributed by atoms with Gasteiger partial charge in [0, 0.05) is 6.61 Å². The molecule has 98 valence electrons. The molecule has 0 aliphatic rings. The summed E-state index contributed by atoms with van der Waals surface area (Å²) in [5.41, 5.74) is 0. The van der Waals surface area contributed by atoms with E-state index in [1.807, 2.05) is 12.2 Å². The maximum absolute atomic E-state index is 10.8. The van der Waals surface area contributed by atoms with Crippen LogP contribution in [0.2, 0.25) is 0 Å². The van der Waals surface area contributed by atoms with Crippen LogP contribution in [-0.4, -0.2) is 24.3 Å². The van der Waals surface area contributed by atoms with Crippen molar-refractivity contribution in [2.45, 2.75) is 39.0 Å². The van der Waals surface area contributed by atoms with Crippen LogP contribution in [0.5, 0.6) is 0 Å². The minimum absolute atomic E-state index is 0.358. The lowest BCUT2D eigenvalue weighted by atomic mass is 10.0. The van der Waals surface area contributed by atoms with Gasteiger partial charge >= 0.3 is 5.97 Å². The van der Waals surface area contributed by atoms with Gasteiger partial charge in [-0.2, -0.15) is 0 Å². The molecule has 1 atom stereocenters. The molecule has 0 amide bonds. The van der Waals surface area contributed by atoms with Gasteiger partial charge in [-0.1, -0.05) is 38.0 Å². The first-order valence-electron chi connectivity index (χ1n) is 6.28. The van der Waals surface area contributed by atoms with Crippen LogP contribution in [0, 0.1) is 5.92 Å². The Labute approximate surface area is 104 Å². The fourth-order valence-electron chi connectivity index (χ4n) is 1.43. The van der Waals surface area contributed by atoms with E-state index in [0.29, 0.717) is 19.4 Å². The number of ether oxygens (including phenoxy) is 1. The highest BCUT2D eigenvalue weighted by Gasteiger charge is 2.12. The Morgan fingerprint density at radius 3 is 2.71 bits per heavy atom. The van der Waals surface area contributed by atoms with Gasteiger partial charge in [0.2, 0.25) is 0 Å². The molecule has 0 aliphatic heterocycles. The minimum Gasteiger partial charge on any atom is -0.481 e. The molecule has 0 bridgehead atoms. The van der Waals surface area contributed by atoms with Crippen molar-refractivity contribution in [3.8, 4) is 0 Å². The van der Waals surface area contributed by atoms with Crippen LogP contribution >= 0.6 is 0 Å². The fraction of sp³-hybridized carbons (Fsp3) is 0.643. The predicted molar refractivity (Wildman–Crippen MR) is 70.0 cm³/mol. The zero-order chi connectivity index (χ0) is 12.9. The van der Waals surface area contributed by atoms with Crippen molar-refractivity contribution in [2.24, 2.45) is 5.92 Å². The van der Waals surface area contributed by atoms with Gasteiger partial charge in [-0.3, -0.25) is 4.79 Å². The van der Waals surface area contributed by atoms with Crippen molar-refractivity contribution in [3.63, 3.8) is 0 Å². The van der Waals surface area contributed by atoms with E-state index in [4.69, 9.17) is 9.84 Å². The summed E-state index contributed by atoms with van der Waals surface area (Å²) in [6.45, 7) is 7.07. The van der Waals surface area contributed by atoms with Gasteiger partial charge in [0.15, 0.2) is 0 Å². The van der Waals surface area contributed by atoms with E-state index in [2.05, 4.69) is 13.5 Å². The first-order valence-corrected chi connectivity index (χ1v) is 6.28. The molecule has 17 heavy (non-hydrogen) atoms. The SMILES string of the molecule is C=CCC(CC=CCOCCCCC)C(=O)O. The summed E-state index contributed by atoms with van der Waals surface area (Å²) in [5.74, 6) is -1.12. The van der Waals surface area contributed by atoms with E-state index in [-0.39, 0.29) is 5.92 Å². The maximum atomic E-state index is 10.8. The highest BCUT2D eigenvalue weighted by Crippen LogP contribution is 2.10. The molecule has 3 heteroatoms. The highest BCUT2D eigenvalue weighted by molar-refractivity contribution is 5.70. The molecule has 0 aromatic carbocycles. The van der Waals surface area contributed by atoms with Crippen LogP contribution in [0.15, 0.2) is 24.8 Å². The van der Waals surface area contributed by atoms with Crippen molar-refractivity contribution in [1.82, 2.24) is 0 Å². The van der Waals surface area contributed by atoms with Gasteiger partial charge in [-0.05, 0) is 19.3 Å². The van der Waals surface area contributed by atoms with E-state index < -0.39 is 5.97 Å². The van der Waals surface area contributed by atoms with Gasteiger partial charge in [0.05, 0.1) is 12.5 Å². The second-order valence-electron chi connectivity index (χ2n) is 4.05. The zero-order valence-electron chi connectivity index (χ0n) is 10.7. The molecule has 1 unspecified atom stereocenters. The molecule has 0 saturated heterocycles. The van der Waals surface area contributed by atoms with Gasteiger partial charge in [-0.15, -0.1) is 6.58 Å². The standard InChI is InChI=1S/C14H24O3/c1-3-5-7-11-17-12-8-6-10-13(9-4-2)14(15)16/h4,6,8,13H,2-3,5,7,9-12H2,1H3,(H,15,16). The van der Waals surface area contributed by atoms with Crippen LogP contribution in [0.4, 0.5) is 0 Å². The molecule has 0 heterocycles. The maximum Gasteiger partial charge on any atom is 0.307 e. The quantitative estimate of drug-likeness (QED) is 0.444. The van der Waals surface area contributed by atoms with Gasteiger partial charge < -0.3 is 9.84 Å². The number of unbranched alkanes of at least 4 members (excludes halogenated alkanes) is 2. The fourth-order valence-corrected chi connectivity index (χ4v) is 1.43. The monoisotopic (exact) mass is 240 g/mol. The molecule has 0 aromatic heterocycles. The summed E-state index contributed by atoms with van der Waals surface area (Å²) in [6.07, 6.45) is 9.96. The Bertz CT molecular complexity index is 234. The third-order valence-electron chi connectivity index (χ3n) is 2.49. The smallest absolute Gasteiger partial charge is 0.307 e. The molecule has 1 N–H and O–H groups in total. The van der Waals surface area contributed by atoms with Crippen molar-refractivity contribution in [3.05, 3.63) is 24.8 Å². The molecule has 0 aromatic rings. The number of aliphatic carboxylic acids is 1. The van der Waals surface area contributed by atoms with Gasteiger partial charge in [-0.25, -0.2) is 0 Å². The van der Waals surface area contributed by atoms with Gasteiger partial charge in [0.25, 0.3) is 0 Å². The van der Waals surface area contributed by atoms with Crippen molar-refractivity contribution in [1.29, 1.82) is 0 Å². The van der Waals surface area contributed by atoms with Crippen molar-refractivity contribution >= 4 is 5.97 Å². The van der Waals surface area contributed by atoms with Crippen molar-refractivity contribution in [2.75, 3.05) is 13.2 Å². The van der Waals surface area contributed by atoms with Crippen molar-refractivity contribution < 1.29 is 14.6 Å². The van der Waals surface area contributed by atoms with E-state index in [0.717, 1.165) is 13.0 Å². The molecular weight excluding hydrogens is 216 g/mol. The molecule has 0 fully saturated rings. The first kappa shape index (κ1) is 15.9. The zero-order valence-corrected chi connectivity index (χ0v) is 10.7. The Morgan fingerprint density at radius 2 is 2.12 bits per heavy atom. The normalized spacial score (nSPS) is 12.8. The molecule has 0 aliphatic carbocycles.